The molecule has 28 heavy (non-hydrogen) atoms. The fourth-order valence-corrected chi connectivity index (χ4v) is 4.07. The normalized spacial score (nSPS) is 23.8. The standard InChI is InChI=1S/C19H27ClFN3O2.2ClH/c20-17-2-1-3-18(21)16(17)10-23-19(25)13-4-5-14(22)12-24(11-13)15-6-8-26-9-7-15;;/h1-3,13-15H,4-12,22H2,(H,23,25);2*1H/t13-,14+;;/m1../s1. The molecule has 160 valence electrons. The Labute approximate surface area is 183 Å². The van der Waals surface area contributed by atoms with Crippen molar-refractivity contribution in [2.45, 2.75) is 44.3 Å². The van der Waals surface area contributed by atoms with Gasteiger partial charge in [0.05, 0.1) is 5.92 Å². The second-order valence-electron chi connectivity index (χ2n) is 7.25. The predicted octanol–water partition coefficient (Wildman–Crippen LogP) is 3.16. The lowest BCUT2D eigenvalue weighted by molar-refractivity contribution is -0.126. The molecule has 2 atom stereocenters. The van der Waals surface area contributed by atoms with E-state index >= 15 is 0 Å². The first kappa shape index (κ1) is 25.4. The number of carbonyl (C=O) groups is 1. The third kappa shape index (κ3) is 6.71. The van der Waals surface area contributed by atoms with Gasteiger partial charge in [0.25, 0.3) is 0 Å². The average molecular weight is 457 g/mol. The van der Waals surface area contributed by atoms with Crippen LogP contribution in [0, 0.1) is 11.7 Å². The van der Waals surface area contributed by atoms with Crippen LogP contribution in [0.5, 0.6) is 0 Å². The van der Waals surface area contributed by atoms with Gasteiger partial charge in [0.15, 0.2) is 0 Å². The molecule has 3 N–H and O–H groups in total. The lowest BCUT2D eigenvalue weighted by Gasteiger charge is -2.35. The first-order valence-corrected chi connectivity index (χ1v) is 9.70. The van der Waals surface area contributed by atoms with Crippen LogP contribution < -0.4 is 11.1 Å². The van der Waals surface area contributed by atoms with Crippen molar-refractivity contribution in [3.63, 3.8) is 0 Å². The van der Waals surface area contributed by atoms with Crippen LogP contribution in [-0.2, 0) is 16.1 Å². The zero-order chi connectivity index (χ0) is 18.5. The summed E-state index contributed by atoms with van der Waals surface area (Å²) < 4.78 is 19.3. The summed E-state index contributed by atoms with van der Waals surface area (Å²) in [6.07, 6.45) is 3.52. The number of hydrogen-bond acceptors (Lipinski definition) is 4. The molecule has 5 nitrogen and oxygen atoms in total. The average Bonchev–Trinajstić information content (AvgIpc) is 2.84. The van der Waals surface area contributed by atoms with E-state index in [-0.39, 0.29) is 49.2 Å². The maximum atomic E-state index is 13.9. The molecule has 0 unspecified atom stereocenters. The molecule has 2 heterocycles. The SMILES string of the molecule is Cl.Cl.N[C@H]1CC[C@@H](C(=O)NCc2c(F)cccc2Cl)CN(C2CCOCC2)C1. The number of halogens is 4. The molecule has 0 aromatic heterocycles. The van der Waals surface area contributed by atoms with Gasteiger partial charge in [0.2, 0.25) is 5.91 Å². The van der Waals surface area contributed by atoms with Gasteiger partial charge in [-0.05, 0) is 37.8 Å². The number of ether oxygens (including phenoxy) is 1. The monoisotopic (exact) mass is 455 g/mol. The molecule has 0 bridgehead atoms. The number of benzene rings is 1. The molecule has 1 aromatic rings. The Kier molecular flexibility index (Phi) is 11.0. The highest BCUT2D eigenvalue weighted by atomic mass is 35.5. The molecule has 0 radical (unpaired) electrons. The number of amides is 1. The first-order valence-electron chi connectivity index (χ1n) is 9.32. The van der Waals surface area contributed by atoms with Crippen LogP contribution in [0.2, 0.25) is 5.02 Å². The summed E-state index contributed by atoms with van der Waals surface area (Å²) in [5.41, 5.74) is 6.56. The van der Waals surface area contributed by atoms with Gasteiger partial charge in [-0.1, -0.05) is 17.7 Å². The topological polar surface area (TPSA) is 67.6 Å². The minimum absolute atomic E-state index is 0. The van der Waals surface area contributed by atoms with Gasteiger partial charge in [0, 0.05) is 55.5 Å². The Bertz CT molecular complexity index is 612. The second-order valence-corrected chi connectivity index (χ2v) is 7.66. The molecule has 2 fully saturated rings. The van der Waals surface area contributed by atoms with Crippen LogP contribution >= 0.6 is 36.4 Å². The van der Waals surface area contributed by atoms with E-state index < -0.39 is 5.82 Å². The van der Waals surface area contributed by atoms with Gasteiger partial charge in [-0.3, -0.25) is 9.69 Å². The molecule has 2 aliphatic rings. The molecule has 1 amide bonds. The third-order valence-corrected chi connectivity index (χ3v) is 5.74. The van der Waals surface area contributed by atoms with Crippen molar-refractivity contribution in [2.24, 2.45) is 11.7 Å². The molecule has 1 aromatic carbocycles. The van der Waals surface area contributed by atoms with Crippen LogP contribution in [0.1, 0.15) is 31.2 Å². The summed E-state index contributed by atoms with van der Waals surface area (Å²) in [7, 11) is 0. The van der Waals surface area contributed by atoms with Crippen LogP contribution in [0.4, 0.5) is 4.39 Å². The number of nitrogens with two attached hydrogens (primary N) is 1. The second kappa shape index (κ2) is 12.2. The largest absolute Gasteiger partial charge is 0.381 e. The summed E-state index contributed by atoms with van der Waals surface area (Å²) in [6.45, 7) is 3.13. The van der Waals surface area contributed by atoms with Gasteiger partial charge in [-0.25, -0.2) is 4.39 Å². The van der Waals surface area contributed by atoms with Crippen LogP contribution in [-0.4, -0.2) is 49.2 Å². The lowest BCUT2D eigenvalue weighted by Crippen LogP contribution is -2.47. The fourth-order valence-electron chi connectivity index (χ4n) is 3.84. The van der Waals surface area contributed by atoms with Crippen LogP contribution in [0.3, 0.4) is 0 Å². The molecular formula is C19H29Cl3FN3O2. The van der Waals surface area contributed by atoms with Crippen LogP contribution in [0.25, 0.3) is 0 Å². The van der Waals surface area contributed by atoms with Crippen molar-refractivity contribution in [3.05, 3.63) is 34.6 Å². The van der Waals surface area contributed by atoms with Crippen molar-refractivity contribution in [3.8, 4) is 0 Å². The van der Waals surface area contributed by atoms with Gasteiger partial charge < -0.3 is 15.8 Å². The minimum Gasteiger partial charge on any atom is -0.381 e. The smallest absolute Gasteiger partial charge is 0.224 e. The fraction of sp³-hybridized carbons (Fsp3) is 0.632. The number of carbonyl (C=O) groups excluding carboxylic acids is 1. The zero-order valence-electron chi connectivity index (χ0n) is 15.7. The van der Waals surface area contributed by atoms with Crippen molar-refractivity contribution in [1.82, 2.24) is 10.2 Å². The van der Waals surface area contributed by atoms with Crippen LogP contribution in [0.15, 0.2) is 18.2 Å². The van der Waals surface area contributed by atoms with Crippen molar-refractivity contribution in [1.29, 1.82) is 0 Å². The number of likely N-dealkylation sites (tertiary alicyclic amines) is 1. The Morgan fingerprint density at radius 1 is 1.21 bits per heavy atom. The number of nitrogens with one attached hydrogen (secondary N) is 1. The van der Waals surface area contributed by atoms with E-state index in [1.807, 2.05) is 0 Å². The molecule has 0 spiro atoms. The predicted molar refractivity (Wildman–Crippen MR) is 114 cm³/mol. The summed E-state index contributed by atoms with van der Waals surface area (Å²) in [5.74, 6) is -0.600. The highest BCUT2D eigenvalue weighted by Crippen LogP contribution is 2.23. The van der Waals surface area contributed by atoms with E-state index in [1.165, 1.54) is 6.07 Å². The van der Waals surface area contributed by atoms with E-state index in [0.29, 0.717) is 23.2 Å². The molecule has 3 rings (SSSR count). The molecule has 2 aliphatic heterocycles. The highest BCUT2D eigenvalue weighted by molar-refractivity contribution is 6.31. The molecular weight excluding hydrogens is 428 g/mol. The number of hydrogen-bond donors (Lipinski definition) is 2. The minimum atomic E-state index is -0.399. The Morgan fingerprint density at radius 3 is 2.61 bits per heavy atom. The Hall–Kier alpha value is -0.630. The quantitative estimate of drug-likeness (QED) is 0.730. The zero-order valence-corrected chi connectivity index (χ0v) is 18.1. The van der Waals surface area contributed by atoms with E-state index in [1.54, 1.807) is 12.1 Å². The third-order valence-electron chi connectivity index (χ3n) is 5.39. The Balaban J connectivity index is 0.00000196. The van der Waals surface area contributed by atoms with E-state index in [2.05, 4.69) is 10.2 Å². The van der Waals surface area contributed by atoms with Gasteiger partial charge in [-0.15, -0.1) is 24.8 Å². The first-order chi connectivity index (χ1) is 12.5. The summed E-state index contributed by atoms with van der Waals surface area (Å²) in [4.78, 5) is 15.1. The summed E-state index contributed by atoms with van der Waals surface area (Å²) in [5, 5.41) is 3.19. The van der Waals surface area contributed by atoms with Crippen molar-refractivity contribution in [2.75, 3.05) is 26.3 Å². The number of rotatable bonds is 4. The highest BCUT2D eigenvalue weighted by Gasteiger charge is 2.31. The maximum Gasteiger partial charge on any atom is 0.224 e. The van der Waals surface area contributed by atoms with Crippen molar-refractivity contribution < 1.29 is 13.9 Å². The van der Waals surface area contributed by atoms with E-state index in [4.69, 9.17) is 22.1 Å². The summed E-state index contributed by atoms with van der Waals surface area (Å²) >= 11 is 6.04. The van der Waals surface area contributed by atoms with Gasteiger partial charge in [0.1, 0.15) is 5.82 Å². The molecule has 9 heteroatoms. The molecule has 0 saturated carbocycles. The maximum absolute atomic E-state index is 13.9. The van der Waals surface area contributed by atoms with E-state index in [0.717, 1.165) is 45.4 Å². The lowest BCUT2D eigenvalue weighted by atomic mass is 10.00. The molecule has 2 saturated heterocycles. The summed E-state index contributed by atoms with van der Waals surface area (Å²) in [6, 6.07) is 5.04. The molecule has 0 aliphatic carbocycles. The van der Waals surface area contributed by atoms with E-state index in [9.17, 15) is 9.18 Å². The Morgan fingerprint density at radius 2 is 1.93 bits per heavy atom. The number of nitrogens with zero attached hydrogens (tertiary/aromatic N) is 1. The van der Waals surface area contributed by atoms with Gasteiger partial charge in [-0.2, -0.15) is 0 Å². The van der Waals surface area contributed by atoms with Crippen molar-refractivity contribution >= 4 is 42.3 Å². The van der Waals surface area contributed by atoms with Gasteiger partial charge >= 0.3 is 0 Å².